The number of halogens is 2. The first-order valence-electron chi connectivity index (χ1n) is 11.9. The molecule has 2 aromatic carbocycles. The average molecular weight is 520 g/mol. The van der Waals surface area contributed by atoms with Crippen LogP contribution in [0, 0.1) is 11.7 Å². The lowest BCUT2D eigenvalue weighted by Crippen LogP contribution is -2.59. The zero-order valence-electron chi connectivity index (χ0n) is 19.2. The molecule has 2 aliphatic heterocycles. The van der Waals surface area contributed by atoms with Crippen LogP contribution in [0.3, 0.4) is 0 Å². The predicted molar refractivity (Wildman–Crippen MR) is 132 cm³/mol. The molecule has 0 spiro atoms. The van der Waals surface area contributed by atoms with Crippen LogP contribution < -0.4 is 5.32 Å². The van der Waals surface area contributed by atoms with E-state index in [1.165, 1.54) is 21.3 Å². The molecular formula is C25H27ClFN3O4S. The molecule has 2 amide bonds. The molecule has 0 radical (unpaired) electrons. The zero-order chi connectivity index (χ0) is 24.7. The molecular weight excluding hydrogens is 493 g/mol. The van der Waals surface area contributed by atoms with E-state index in [2.05, 4.69) is 5.32 Å². The lowest BCUT2D eigenvalue weighted by Gasteiger charge is -2.39. The number of piperazine rings is 1. The van der Waals surface area contributed by atoms with Crippen molar-refractivity contribution in [3.05, 3.63) is 52.8 Å². The molecule has 1 aliphatic carbocycles. The molecule has 2 aromatic rings. The Morgan fingerprint density at radius 2 is 1.77 bits per heavy atom. The molecule has 1 saturated carbocycles. The van der Waals surface area contributed by atoms with Crippen molar-refractivity contribution in [1.29, 1.82) is 0 Å². The van der Waals surface area contributed by atoms with Crippen LogP contribution in [-0.4, -0.2) is 60.9 Å². The van der Waals surface area contributed by atoms with Crippen molar-refractivity contribution in [2.24, 2.45) is 5.92 Å². The summed E-state index contributed by atoms with van der Waals surface area (Å²) in [6.45, 7) is 0.185. The smallest absolute Gasteiger partial charge is 0.256 e. The fraction of sp³-hybridized carbons (Fsp3) is 0.440. The summed E-state index contributed by atoms with van der Waals surface area (Å²) in [5.41, 5.74) is 1.33. The molecule has 35 heavy (non-hydrogen) atoms. The van der Waals surface area contributed by atoms with Crippen molar-refractivity contribution in [2.45, 2.75) is 38.1 Å². The lowest BCUT2D eigenvalue weighted by molar-refractivity contribution is -0.121. The quantitative estimate of drug-likeness (QED) is 0.658. The van der Waals surface area contributed by atoms with E-state index in [9.17, 15) is 22.4 Å². The maximum Gasteiger partial charge on any atom is 0.256 e. The number of carbonyl (C=O) groups excluding carboxylic acids is 2. The fourth-order valence-electron chi connectivity index (χ4n) is 5.33. The minimum absolute atomic E-state index is 0.0702. The van der Waals surface area contributed by atoms with Crippen molar-refractivity contribution < 1.29 is 22.4 Å². The molecule has 2 heterocycles. The normalized spacial score (nSPS) is 21.8. The highest BCUT2D eigenvalue weighted by Crippen LogP contribution is 2.33. The minimum Gasteiger partial charge on any atom is -0.324 e. The standard InChI is InChI=1S/C25H27ClFN3O4S/c26-18-7-8-19(21(27)13-18)17-6-9-22-20(12-17)25(32)30-11-10-29(14-23(30)24(31)28-22)35(33,34)15-16-4-2-1-3-5-16/h6-9,12-13,16,23H,1-5,10-11,14-15H2,(H,28,31)/t23-/m1/s1. The van der Waals surface area contributed by atoms with E-state index in [0.29, 0.717) is 11.3 Å². The summed E-state index contributed by atoms with van der Waals surface area (Å²) in [6, 6.07) is 8.14. The number of nitrogens with one attached hydrogen (secondary N) is 1. The molecule has 1 saturated heterocycles. The number of nitrogens with zero attached hydrogens (tertiary/aromatic N) is 2. The fourth-order valence-corrected chi connectivity index (χ4v) is 7.35. The highest BCUT2D eigenvalue weighted by atomic mass is 35.5. The SMILES string of the molecule is O=C1Nc2ccc(-c3ccc(Cl)cc3F)cc2C(=O)N2CCN(S(=O)(=O)CC3CCCCC3)C[C@H]12. The van der Waals surface area contributed by atoms with Crippen LogP contribution in [0.25, 0.3) is 11.1 Å². The first-order chi connectivity index (χ1) is 16.7. The van der Waals surface area contributed by atoms with Gasteiger partial charge in [-0.3, -0.25) is 9.59 Å². The van der Waals surface area contributed by atoms with Gasteiger partial charge in [0.05, 0.1) is 17.0 Å². The Balaban J connectivity index is 1.39. The van der Waals surface area contributed by atoms with E-state index in [0.717, 1.165) is 32.1 Å². The van der Waals surface area contributed by atoms with Crippen molar-refractivity contribution in [3.8, 4) is 11.1 Å². The Morgan fingerprint density at radius 3 is 2.51 bits per heavy atom. The van der Waals surface area contributed by atoms with Gasteiger partial charge in [-0.2, -0.15) is 4.31 Å². The lowest BCUT2D eigenvalue weighted by atomic mass is 9.91. The summed E-state index contributed by atoms with van der Waals surface area (Å²) in [4.78, 5) is 28.0. The Bertz CT molecular complexity index is 1280. The molecule has 2 fully saturated rings. The second-order valence-electron chi connectivity index (χ2n) is 9.53. The van der Waals surface area contributed by atoms with Crippen LogP contribution in [0.2, 0.25) is 5.02 Å². The van der Waals surface area contributed by atoms with Gasteiger partial charge in [0.25, 0.3) is 5.91 Å². The molecule has 0 bridgehead atoms. The summed E-state index contributed by atoms with van der Waals surface area (Å²) >= 11 is 5.86. The van der Waals surface area contributed by atoms with Crippen molar-refractivity contribution in [2.75, 3.05) is 30.7 Å². The number of hydrogen-bond donors (Lipinski definition) is 1. The number of benzene rings is 2. The van der Waals surface area contributed by atoms with E-state index in [4.69, 9.17) is 11.6 Å². The highest BCUT2D eigenvalue weighted by molar-refractivity contribution is 7.89. The topological polar surface area (TPSA) is 86.8 Å². The maximum absolute atomic E-state index is 14.5. The van der Waals surface area contributed by atoms with Crippen molar-refractivity contribution in [1.82, 2.24) is 9.21 Å². The number of rotatable bonds is 4. The van der Waals surface area contributed by atoms with Crippen LogP contribution in [0.15, 0.2) is 36.4 Å². The van der Waals surface area contributed by atoms with Crippen LogP contribution in [0.4, 0.5) is 10.1 Å². The number of hydrogen-bond acceptors (Lipinski definition) is 4. The summed E-state index contributed by atoms with van der Waals surface area (Å²) < 4.78 is 42.1. The second kappa shape index (κ2) is 9.52. The van der Waals surface area contributed by atoms with Crippen LogP contribution in [0.5, 0.6) is 0 Å². The average Bonchev–Trinajstić information content (AvgIpc) is 2.93. The summed E-state index contributed by atoms with van der Waals surface area (Å²) in [7, 11) is -3.54. The van der Waals surface area contributed by atoms with Gasteiger partial charge < -0.3 is 10.2 Å². The minimum atomic E-state index is -3.54. The summed E-state index contributed by atoms with van der Waals surface area (Å²) in [5, 5.41) is 3.04. The zero-order valence-corrected chi connectivity index (χ0v) is 20.7. The number of amides is 2. The number of sulfonamides is 1. The third kappa shape index (κ3) is 4.81. The summed E-state index contributed by atoms with van der Waals surface area (Å²) in [6.07, 6.45) is 5.06. The third-order valence-electron chi connectivity index (χ3n) is 7.22. The Morgan fingerprint density at radius 1 is 1.00 bits per heavy atom. The van der Waals surface area contributed by atoms with Gasteiger partial charge >= 0.3 is 0 Å². The van der Waals surface area contributed by atoms with E-state index in [1.54, 1.807) is 24.3 Å². The molecule has 10 heteroatoms. The first-order valence-corrected chi connectivity index (χ1v) is 13.9. The Labute approximate surface area is 209 Å². The monoisotopic (exact) mass is 519 g/mol. The number of anilines is 1. The molecule has 0 unspecified atom stereocenters. The van der Waals surface area contributed by atoms with Gasteiger partial charge in [-0.1, -0.05) is 36.9 Å². The van der Waals surface area contributed by atoms with Crippen molar-refractivity contribution >= 4 is 39.1 Å². The van der Waals surface area contributed by atoms with Gasteiger partial charge in [0.15, 0.2) is 0 Å². The largest absolute Gasteiger partial charge is 0.324 e. The third-order valence-corrected chi connectivity index (χ3v) is 9.47. The van der Waals surface area contributed by atoms with Gasteiger partial charge in [0.1, 0.15) is 11.9 Å². The number of carbonyl (C=O) groups is 2. The van der Waals surface area contributed by atoms with Gasteiger partial charge in [0.2, 0.25) is 15.9 Å². The van der Waals surface area contributed by atoms with E-state index >= 15 is 0 Å². The van der Waals surface area contributed by atoms with E-state index < -0.39 is 27.8 Å². The van der Waals surface area contributed by atoms with Crippen LogP contribution >= 0.6 is 11.6 Å². The van der Waals surface area contributed by atoms with E-state index in [-0.39, 0.29) is 53.4 Å². The van der Waals surface area contributed by atoms with E-state index in [1.807, 2.05) is 0 Å². The maximum atomic E-state index is 14.5. The van der Waals surface area contributed by atoms with Gasteiger partial charge in [-0.05, 0) is 54.7 Å². The first kappa shape index (κ1) is 24.2. The van der Waals surface area contributed by atoms with Crippen LogP contribution in [0.1, 0.15) is 42.5 Å². The Kier molecular flexibility index (Phi) is 6.59. The molecule has 186 valence electrons. The predicted octanol–water partition coefficient (Wildman–Crippen LogP) is 4.13. The highest BCUT2D eigenvalue weighted by Gasteiger charge is 2.42. The van der Waals surface area contributed by atoms with Gasteiger partial charge in [0, 0.05) is 30.2 Å². The molecule has 3 aliphatic rings. The molecule has 0 aromatic heterocycles. The van der Waals surface area contributed by atoms with Crippen molar-refractivity contribution in [3.63, 3.8) is 0 Å². The second-order valence-corrected chi connectivity index (χ2v) is 12.0. The van der Waals surface area contributed by atoms with Gasteiger partial charge in [-0.25, -0.2) is 12.8 Å². The Hall–Kier alpha value is -2.49. The summed E-state index contributed by atoms with van der Waals surface area (Å²) in [5.74, 6) is -1.10. The molecule has 5 rings (SSSR count). The number of fused-ring (bicyclic) bond motifs is 2. The molecule has 1 N–H and O–H groups in total. The molecule has 1 atom stereocenters. The van der Waals surface area contributed by atoms with Gasteiger partial charge in [-0.15, -0.1) is 0 Å². The molecule has 7 nitrogen and oxygen atoms in total. The van der Waals surface area contributed by atoms with Crippen LogP contribution in [-0.2, 0) is 14.8 Å².